The van der Waals surface area contributed by atoms with Crippen LogP contribution in [0, 0.1) is 5.92 Å². The summed E-state index contributed by atoms with van der Waals surface area (Å²) in [5, 5.41) is 9.79. The Morgan fingerprint density at radius 2 is 1.94 bits per heavy atom. The van der Waals surface area contributed by atoms with E-state index in [0.717, 1.165) is 0 Å². The van der Waals surface area contributed by atoms with Gasteiger partial charge in [-0.2, -0.15) is 17.9 Å². The average Bonchev–Trinajstić information content (AvgIpc) is 3.13. The molecule has 31 heavy (non-hydrogen) atoms. The Morgan fingerprint density at radius 1 is 1.26 bits per heavy atom. The molecule has 4 rings (SSSR count). The van der Waals surface area contributed by atoms with Crippen LogP contribution in [0.3, 0.4) is 0 Å². The first-order valence-corrected chi connectivity index (χ1v) is 11.2. The number of rotatable bonds is 6. The van der Waals surface area contributed by atoms with Crippen molar-refractivity contribution in [3.8, 4) is 0 Å². The van der Waals surface area contributed by atoms with Crippen LogP contribution in [0.15, 0.2) is 58.6 Å². The van der Waals surface area contributed by atoms with Crippen LogP contribution in [0.2, 0.25) is 0 Å². The molecule has 1 fully saturated rings. The van der Waals surface area contributed by atoms with Gasteiger partial charge in [0.25, 0.3) is 10.0 Å². The summed E-state index contributed by atoms with van der Waals surface area (Å²) in [5.41, 5.74) is 2.30. The van der Waals surface area contributed by atoms with Crippen molar-refractivity contribution in [1.82, 2.24) is 4.72 Å². The standard InChI is InChI=1S/C18H16F3N3O5S2/c1-10-15(11-5-3-2-4-6-11)17(10,16(25)26)22-31(27,28)14-8-7-13(30-14)24-9-12(29-23-24)18(19,20)21/h2-10,15,22,24H,1H3,(H,25,26)/t10-,15?,17-/m0/s1. The maximum atomic E-state index is 12.9. The second-order valence-corrected chi connectivity index (χ2v) is 10.1. The molecule has 0 spiro atoms. The summed E-state index contributed by atoms with van der Waals surface area (Å²) in [6.45, 7) is 1.64. The summed E-state index contributed by atoms with van der Waals surface area (Å²) in [6.07, 6.45) is -4.05. The van der Waals surface area contributed by atoms with E-state index in [1.807, 2.05) is 0 Å². The molecule has 8 nitrogen and oxygen atoms in total. The lowest BCUT2D eigenvalue weighted by molar-refractivity contribution is -0.737. The second-order valence-electron chi connectivity index (χ2n) is 7.15. The Hall–Kier alpha value is -2.45. The number of allylic oxidation sites excluding steroid dienone is 1. The number of hydrogen-bond acceptors (Lipinski definition) is 5. The molecule has 1 aliphatic heterocycles. The van der Waals surface area contributed by atoms with Gasteiger partial charge in [-0.3, -0.25) is 10.4 Å². The third-order valence-corrected chi connectivity index (χ3v) is 8.39. The first-order chi connectivity index (χ1) is 14.5. The fraction of sp³-hybridized carbons (Fsp3) is 0.278. The molecule has 2 heterocycles. The second kappa shape index (κ2) is 7.31. The molecule has 1 aliphatic carbocycles. The zero-order chi connectivity index (χ0) is 22.6. The Labute approximate surface area is 178 Å². The number of nitrogens with one attached hydrogen (secondary N) is 2. The van der Waals surface area contributed by atoms with Gasteiger partial charge in [0, 0.05) is 12.0 Å². The third-order valence-electron chi connectivity index (χ3n) is 5.30. The molecule has 1 aromatic heterocycles. The van der Waals surface area contributed by atoms with Gasteiger partial charge in [-0.25, -0.2) is 8.42 Å². The van der Waals surface area contributed by atoms with Crippen molar-refractivity contribution >= 4 is 32.3 Å². The molecular formula is C18H16F3N3O5S2. The van der Waals surface area contributed by atoms with Crippen molar-refractivity contribution < 1.29 is 41.3 Å². The maximum Gasteiger partial charge on any atom is 0.453 e. The monoisotopic (exact) mass is 475 g/mol. The van der Waals surface area contributed by atoms with Crippen LogP contribution in [0.5, 0.6) is 0 Å². The van der Waals surface area contributed by atoms with E-state index >= 15 is 0 Å². The minimum absolute atomic E-state index is 0.132. The number of carbonyl (C=O) groups is 1. The topological polar surface area (TPSA) is 111 Å². The van der Waals surface area contributed by atoms with E-state index in [1.165, 1.54) is 12.1 Å². The van der Waals surface area contributed by atoms with Crippen LogP contribution in [-0.2, 0) is 19.7 Å². The van der Waals surface area contributed by atoms with Crippen molar-refractivity contribution in [2.24, 2.45) is 5.92 Å². The molecule has 0 amide bonds. The van der Waals surface area contributed by atoms with Crippen molar-refractivity contribution in [1.29, 1.82) is 0 Å². The van der Waals surface area contributed by atoms with Gasteiger partial charge in [0.15, 0.2) is 5.00 Å². The van der Waals surface area contributed by atoms with E-state index in [1.54, 1.807) is 37.3 Å². The lowest BCUT2D eigenvalue weighted by Gasteiger charge is -2.18. The molecule has 0 bridgehead atoms. The maximum absolute atomic E-state index is 12.9. The first kappa shape index (κ1) is 21.8. The number of carboxylic acid groups (broad SMARTS) is 1. The molecule has 2 aliphatic rings. The molecule has 0 saturated heterocycles. The van der Waals surface area contributed by atoms with Crippen molar-refractivity contribution in [3.63, 3.8) is 0 Å². The van der Waals surface area contributed by atoms with Gasteiger partial charge in [-0.1, -0.05) is 48.6 Å². The molecule has 0 radical (unpaired) electrons. The van der Waals surface area contributed by atoms with Gasteiger partial charge in [0.2, 0.25) is 5.76 Å². The third kappa shape index (κ3) is 3.72. The first-order valence-electron chi connectivity index (χ1n) is 8.93. The van der Waals surface area contributed by atoms with Crippen LogP contribution in [0.1, 0.15) is 18.4 Å². The average molecular weight is 475 g/mol. The van der Waals surface area contributed by atoms with Gasteiger partial charge in [-0.05, 0) is 17.5 Å². The molecular weight excluding hydrogens is 459 g/mol. The molecule has 1 saturated carbocycles. The van der Waals surface area contributed by atoms with Gasteiger partial charge >= 0.3 is 12.1 Å². The number of hydrogen-bond donors (Lipinski definition) is 3. The van der Waals surface area contributed by atoms with E-state index in [2.05, 4.69) is 15.1 Å². The van der Waals surface area contributed by atoms with Crippen molar-refractivity contribution in [2.75, 3.05) is 0 Å². The minimum atomic E-state index is -4.72. The minimum Gasteiger partial charge on any atom is -0.531 e. The molecule has 2 aromatic rings. The Morgan fingerprint density at radius 3 is 2.52 bits per heavy atom. The number of carboxylic acids is 1. The molecule has 13 heteroatoms. The SMILES string of the molecule is C[C@H]1C(c2ccccc2)[C@]1(NS(=O)(=O)c1ccc([NH+]2C=C(C(F)(F)F)O[N-]2)s1)C(=O)O. The predicted molar refractivity (Wildman–Crippen MR) is 103 cm³/mol. The number of quaternary nitrogens is 1. The fourth-order valence-electron chi connectivity index (χ4n) is 3.70. The molecule has 3 N–H and O–H groups in total. The number of sulfonamides is 1. The van der Waals surface area contributed by atoms with Crippen LogP contribution < -0.4 is 9.73 Å². The Kier molecular flexibility index (Phi) is 5.13. The summed E-state index contributed by atoms with van der Waals surface area (Å²) in [5.74, 6) is -3.68. The van der Waals surface area contributed by atoms with Crippen molar-refractivity contribution in [3.05, 3.63) is 65.6 Å². The number of benzene rings is 1. The van der Waals surface area contributed by atoms with E-state index in [-0.39, 0.29) is 14.2 Å². The van der Waals surface area contributed by atoms with Gasteiger partial charge in [-0.15, -0.1) is 0 Å². The smallest absolute Gasteiger partial charge is 0.453 e. The van der Waals surface area contributed by atoms with E-state index < -0.39 is 45.3 Å². The van der Waals surface area contributed by atoms with Crippen LogP contribution in [0.4, 0.5) is 18.2 Å². The molecule has 4 atom stereocenters. The number of halogens is 3. The number of aliphatic carboxylic acids is 1. The molecule has 166 valence electrons. The van der Waals surface area contributed by atoms with Gasteiger partial charge in [0.1, 0.15) is 15.9 Å². The quantitative estimate of drug-likeness (QED) is 0.594. The zero-order valence-corrected chi connectivity index (χ0v) is 17.4. The number of thiophene rings is 1. The lowest BCUT2D eigenvalue weighted by atomic mass is 10.1. The van der Waals surface area contributed by atoms with E-state index in [4.69, 9.17) is 0 Å². The van der Waals surface area contributed by atoms with Crippen LogP contribution in [0.25, 0.3) is 5.59 Å². The fourth-order valence-corrected chi connectivity index (χ4v) is 6.42. The lowest BCUT2D eigenvalue weighted by Crippen LogP contribution is -2.96. The summed E-state index contributed by atoms with van der Waals surface area (Å²) in [6, 6.07) is 11.2. The summed E-state index contributed by atoms with van der Waals surface area (Å²) in [7, 11) is -4.28. The highest BCUT2D eigenvalue weighted by atomic mass is 32.2. The van der Waals surface area contributed by atoms with E-state index in [0.29, 0.717) is 23.1 Å². The van der Waals surface area contributed by atoms with Crippen molar-refractivity contribution in [2.45, 2.75) is 28.8 Å². The van der Waals surface area contributed by atoms with Gasteiger partial charge < -0.3 is 15.0 Å². The highest BCUT2D eigenvalue weighted by Gasteiger charge is 2.70. The largest absolute Gasteiger partial charge is 0.531 e. The summed E-state index contributed by atoms with van der Waals surface area (Å²) >= 11 is 0.662. The van der Waals surface area contributed by atoms with Gasteiger partial charge in [0.05, 0.1) is 0 Å². The zero-order valence-electron chi connectivity index (χ0n) is 15.8. The highest BCUT2D eigenvalue weighted by molar-refractivity contribution is 7.91. The highest BCUT2D eigenvalue weighted by Crippen LogP contribution is 2.58. The number of alkyl halides is 3. The summed E-state index contributed by atoms with van der Waals surface area (Å²) < 4.78 is 66.0. The summed E-state index contributed by atoms with van der Waals surface area (Å²) in [4.78, 5) is 16.3. The van der Waals surface area contributed by atoms with Crippen LogP contribution in [-0.4, -0.2) is 31.2 Å². The predicted octanol–water partition coefficient (Wildman–Crippen LogP) is 2.44. The molecule has 1 aromatic carbocycles. The molecule has 2 unspecified atom stereocenters. The van der Waals surface area contributed by atoms with E-state index in [9.17, 15) is 31.5 Å². The van der Waals surface area contributed by atoms with Crippen LogP contribution >= 0.6 is 11.3 Å². The Bertz CT molecular complexity index is 1150. The Balaban J connectivity index is 1.59. The number of nitrogens with zero attached hydrogens (tertiary/aromatic N) is 1. The normalized spacial score (nSPS) is 28.1.